The number of aromatic nitrogens is 4. The van der Waals surface area contributed by atoms with Crippen LogP contribution in [0.1, 0.15) is 12.0 Å². The van der Waals surface area contributed by atoms with E-state index in [1.165, 1.54) is 0 Å². The quantitative estimate of drug-likeness (QED) is 0.579. The molecular weight excluding hydrogens is 341 g/mol. The van der Waals surface area contributed by atoms with Crippen LogP contribution < -0.4 is 5.32 Å². The van der Waals surface area contributed by atoms with E-state index in [-0.39, 0.29) is 12.4 Å². The van der Waals surface area contributed by atoms with Crippen molar-refractivity contribution >= 4 is 41.8 Å². The Kier molecular flexibility index (Phi) is 9.15. The number of thioether (sulfide) groups is 1. The minimum Gasteiger partial charge on any atom is -0.313 e. The Hall–Kier alpha value is -1.08. The monoisotopic (exact) mass is 359 g/mol. The van der Waals surface area contributed by atoms with Gasteiger partial charge in [-0.05, 0) is 41.1 Å². The summed E-state index contributed by atoms with van der Waals surface area (Å²) in [6, 6.07) is 7.80. The minimum atomic E-state index is 0. The smallest absolute Gasteiger partial charge is 0.209 e. The first-order chi connectivity index (χ1) is 10.3. The first-order valence-corrected chi connectivity index (χ1v) is 8.10. The lowest BCUT2D eigenvalue weighted by molar-refractivity contribution is 0.663. The summed E-state index contributed by atoms with van der Waals surface area (Å²) < 4.78 is 1.69. The summed E-state index contributed by atoms with van der Waals surface area (Å²) >= 11 is 7.51. The van der Waals surface area contributed by atoms with Crippen LogP contribution in [0.25, 0.3) is 6.08 Å². The molecule has 120 valence electrons. The molecule has 1 N–H and O–H groups in total. The molecule has 0 saturated carbocycles. The molecule has 0 atom stereocenters. The molecule has 2 aromatic rings. The Bertz CT molecular complexity index is 571. The molecule has 0 fully saturated rings. The maximum Gasteiger partial charge on any atom is 0.209 e. The molecule has 1 aromatic carbocycles. The summed E-state index contributed by atoms with van der Waals surface area (Å²) in [4.78, 5) is 0. The molecule has 0 bridgehead atoms. The second-order valence-corrected chi connectivity index (χ2v) is 5.94. The maximum atomic E-state index is 5.84. The Morgan fingerprint density at radius 2 is 2.09 bits per heavy atom. The Balaban J connectivity index is 0.00000242. The molecule has 0 amide bonds. The SMILES string of the molecule is Cl.Cn1nnnc1SCCCNCC=Cc1ccc(Cl)cc1. The second kappa shape index (κ2) is 10.6. The highest BCUT2D eigenvalue weighted by atomic mass is 35.5. The lowest BCUT2D eigenvalue weighted by atomic mass is 10.2. The number of hydrogen-bond acceptors (Lipinski definition) is 5. The van der Waals surface area contributed by atoms with Crippen molar-refractivity contribution in [2.75, 3.05) is 18.8 Å². The van der Waals surface area contributed by atoms with Gasteiger partial charge in [-0.2, -0.15) is 0 Å². The van der Waals surface area contributed by atoms with Gasteiger partial charge < -0.3 is 5.32 Å². The van der Waals surface area contributed by atoms with Crippen molar-refractivity contribution in [3.05, 3.63) is 40.9 Å². The van der Waals surface area contributed by atoms with E-state index in [1.54, 1.807) is 16.4 Å². The number of benzene rings is 1. The molecule has 5 nitrogen and oxygen atoms in total. The molecule has 0 spiro atoms. The Morgan fingerprint density at radius 1 is 1.32 bits per heavy atom. The van der Waals surface area contributed by atoms with Gasteiger partial charge in [-0.3, -0.25) is 0 Å². The van der Waals surface area contributed by atoms with Gasteiger partial charge in [0.05, 0.1) is 0 Å². The first-order valence-electron chi connectivity index (χ1n) is 6.73. The third kappa shape index (κ3) is 6.79. The topological polar surface area (TPSA) is 55.6 Å². The van der Waals surface area contributed by atoms with Crippen LogP contribution in [0.5, 0.6) is 0 Å². The van der Waals surface area contributed by atoms with Gasteiger partial charge in [0.25, 0.3) is 0 Å². The van der Waals surface area contributed by atoms with E-state index in [4.69, 9.17) is 11.6 Å². The maximum absolute atomic E-state index is 5.84. The van der Waals surface area contributed by atoms with Gasteiger partial charge >= 0.3 is 0 Å². The van der Waals surface area contributed by atoms with Crippen molar-refractivity contribution in [2.24, 2.45) is 7.05 Å². The summed E-state index contributed by atoms with van der Waals surface area (Å²) in [7, 11) is 1.85. The van der Waals surface area contributed by atoms with Crippen LogP contribution in [0.4, 0.5) is 0 Å². The molecule has 0 radical (unpaired) electrons. The molecular formula is C14H19Cl2N5S. The molecule has 0 aliphatic heterocycles. The molecule has 1 heterocycles. The van der Waals surface area contributed by atoms with Crippen LogP contribution in [0.2, 0.25) is 5.02 Å². The van der Waals surface area contributed by atoms with Crippen molar-refractivity contribution in [1.29, 1.82) is 0 Å². The van der Waals surface area contributed by atoms with Crippen LogP contribution in [0.3, 0.4) is 0 Å². The van der Waals surface area contributed by atoms with Crippen LogP contribution in [-0.2, 0) is 7.05 Å². The zero-order valence-corrected chi connectivity index (χ0v) is 14.7. The lowest BCUT2D eigenvalue weighted by Crippen LogP contribution is -2.15. The molecule has 0 saturated heterocycles. The zero-order valence-electron chi connectivity index (χ0n) is 12.3. The number of rotatable bonds is 8. The lowest BCUT2D eigenvalue weighted by Gasteiger charge is -2.01. The van der Waals surface area contributed by atoms with E-state index in [2.05, 4.69) is 33.0 Å². The number of nitrogens with zero attached hydrogens (tertiary/aromatic N) is 4. The van der Waals surface area contributed by atoms with E-state index in [0.717, 1.165) is 41.0 Å². The van der Waals surface area contributed by atoms with Crippen LogP contribution >= 0.6 is 35.8 Å². The van der Waals surface area contributed by atoms with E-state index in [9.17, 15) is 0 Å². The van der Waals surface area contributed by atoms with Gasteiger partial charge in [0.1, 0.15) is 0 Å². The molecule has 22 heavy (non-hydrogen) atoms. The van der Waals surface area contributed by atoms with Crippen molar-refractivity contribution in [3.8, 4) is 0 Å². The van der Waals surface area contributed by atoms with Gasteiger partial charge in [-0.25, -0.2) is 4.68 Å². The fraction of sp³-hybridized carbons (Fsp3) is 0.357. The standard InChI is InChI=1S/C14H18ClN5S.ClH/c1-20-14(17-18-19-20)21-11-3-10-16-9-2-4-12-5-7-13(15)8-6-12;/h2,4-8,16H,3,9-11H2,1H3;1H. The predicted octanol–water partition coefficient (Wildman–Crippen LogP) is 3.07. The van der Waals surface area contributed by atoms with Crippen LogP contribution in [0, 0.1) is 0 Å². The minimum absolute atomic E-state index is 0. The average Bonchev–Trinajstić information content (AvgIpc) is 2.89. The number of hydrogen-bond donors (Lipinski definition) is 1. The number of aryl methyl sites for hydroxylation is 1. The second-order valence-electron chi connectivity index (χ2n) is 4.45. The van der Waals surface area contributed by atoms with E-state index in [1.807, 2.05) is 31.3 Å². The highest BCUT2D eigenvalue weighted by molar-refractivity contribution is 7.99. The highest BCUT2D eigenvalue weighted by Gasteiger charge is 2.01. The Labute approximate surface area is 145 Å². The number of halogens is 2. The van der Waals surface area contributed by atoms with Crippen LogP contribution in [0.15, 0.2) is 35.5 Å². The normalized spacial score (nSPS) is 10.8. The summed E-state index contributed by atoms with van der Waals surface area (Å²) in [5.74, 6) is 1.00. The third-order valence-corrected chi connectivity index (χ3v) is 4.10. The summed E-state index contributed by atoms with van der Waals surface area (Å²) in [6.45, 7) is 1.84. The summed E-state index contributed by atoms with van der Waals surface area (Å²) in [6.07, 6.45) is 5.28. The van der Waals surface area contributed by atoms with Gasteiger partial charge in [-0.1, -0.05) is 47.6 Å². The molecule has 0 unspecified atom stereocenters. The van der Waals surface area contributed by atoms with E-state index < -0.39 is 0 Å². The fourth-order valence-corrected chi connectivity index (χ4v) is 2.57. The summed E-state index contributed by atoms with van der Waals surface area (Å²) in [5, 5.41) is 16.3. The van der Waals surface area contributed by atoms with Crippen molar-refractivity contribution in [2.45, 2.75) is 11.6 Å². The molecule has 2 rings (SSSR count). The third-order valence-electron chi connectivity index (χ3n) is 2.75. The average molecular weight is 360 g/mol. The predicted molar refractivity (Wildman–Crippen MR) is 94.7 cm³/mol. The van der Waals surface area contributed by atoms with Crippen molar-refractivity contribution < 1.29 is 0 Å². The highest BCUT2D eigenvalue weighted by Crippen LogP contribution is 2.12. The van der Waals surface area contributed by atoms with E-state index >= 15 is 0 Å². The number of nitrogens with one attached hydrogen (secondary N) is 1. The van der Waals surface area contributed by atoms with Crippen LogP contribution in [-0.4, -0.2) is 39.0 Å². The van der Waals surface area contributed by atoms with Crippen molar-refractivity contribution in [3.63, 3.8) is 0 Å². The first kappa shape index (κ1) is 19.0. The van der Waals surface area contributed by atoms with Gasteiger partial charge in [-0.15, -0.1) is 17.5 Å². The Morgan fingerprint density at radius 3 is 2.77 bits per heavy atom. The molecule has 8 heteroatoms. The molecule has 0 aliphatic carbocycles. The molecule has 1 aromatic heterocycles. The zero-order chi connectivity index (χ0) is 14.9. The summed E-state index contributed by atoms with van der Waals surface area (Å²) in [5.41, 5.74) is 1.16. The molecule has 0 aliphatic rings. The largest absolute Gasteiger partial charge is 0.313 e. The van der Waals surface area contributed by atoms with E-state index in [0.29, 0.717) is 0 Å². The fourth-order valence-electron chi connectivity index (χ4n) is 1.66. The van der Waals surface area contributed by atoms with Gasteiger partial charge in [0.15, 0.2) is 0 Å². The van der Waals surface area contributed by atoms with Gasteiger partial charge in [0.2, 0.25) is 5.16 Å². The van der Waals surface area contributed by atoms with Crippen molar-refractivity contribution in [1.82, 2.24) is 25.5 Å². The van der Waals surface area contributed by atoms with Gasteiger partial charge in [0, 0.05) is 24.4 Å². The number of tetrazole rings is 1.